The summed E-state index contributed by atoms with van der Waals surface area (Å²) in [5.74, 6) is 0. The van der Waals surface area contributed by atoms with Gasteiger partial charge in [-0.1, -0.05) is 172 Å². The van der Waals surface area contributed by atoms with Gasteiger partial charge in [0.05, 0.1) is 0 Å². The summed E-state index contributed by atoms with van der Waals surface area (Å²) in [4.78, 5) is 4.77. The standard InChI is InChI=1S/C59H44N2/c1-59(2)56-40-50(61(46-23-13-6-14-24-46)48-33-29-44(30-34-48)42-19-9-4-10-20-42)36-38-54(56)57-52-26-16-15-25-51(52)55-39-49(35-37-53(55)58(57)59)60(45-21-11-5-12-22-45)47-31-27-43(28-32-47)41-17-7-3-8-18-41/h3-40H,1-2H3. The first-order chi connectivity index (χ1) is 30.0. The van der Waals surface area contributed by atoms with E-state index in [0.717, 1.165) is 34.1 Å². The van der Waals surface area contributed by atoms with E-state index in [1.807, 2.05) is 0 Å². The van der Waals surface area contributed by atoms with E-state index in [4.69, 9.17) is 0 Å². The van der Waals surface area contributed by atoms with E-state index in [-0.39, 0.29) is 5.41 Å². The Balaban J connectivity index is 1.05. The van der Waals surface area contributed by atoms with Crippen LogP contribution in [0.5, 0.6) is 0 Å². The first-order valence-electron chi connectivity index (χ1n) is 21.2. The highest BCUT2D eigenvalue weighted by atomic mass is 15.1. The van der Waals surface area contributed by atoms with Crippen LogP contribution in [0.25, 0.3) is 54.9 Å². The van der Waals surface area contributed by atoms with Gasteiger partial charge in [0.25, 0.3) is 0 Å². The minimum Gasteiger partial charge on any atom is -0.310 e. The highest BCUT2D eigenvalue weighted by Gasteiger charge is 2.39. The zero-order chi connectivity index (χ0) is 40.9. The molecule has 0 aromatic heterocycles. The lowest BCUT2D eigenvalue weighted by Crippen LogP contribution is -2.17. The third-order valence-corrected chi connectivity index (χ3v) is 12.6. The average Bonchev–Trinajstić information content (AvgIpc) is 3.57. The molecule has 0 heterocycles. The summed E-state index contributed by atoms with van der Waals surface area (Å²) in [5, 5.41) is 5.11. The van der Waals surface area contributed by atoms with Gasteiger partial charge in [0, 0.05) is 39.5 Å². The molecule has 61 heavy (non-hydrogen) atoms. The molecule has 1 aliphatic rings. The third kappa shape index (κ3) is 6.27. The van der Waals surface area contributed by atoms with Crippen LogP contribution in [0.15, 0.2) is 231 Å². The van der Waals surface area contributed by atoms with E-state index in [1.165, 1.54) is 66.1 Å². The Morgan fingerprint density at radius 2 is 0.689 bits per heavy atom. The SMILES string of the molecule is CC1(C)c2cc(N(c3ccccc3)c3ccc(-c4ccccc4)cc3)ccc2-c2c1c1ccc(N(c3ccccc3)c3ccc(-c4ccccc4)cc3)cc1c1ccccc21. The molecule has 2 heteroatoms. The van der Waals surface area contributed by atoms with Gasteiger partial charge in [0.2, 0.25) is 0 Å². The van der Waals surface area contributed by atoms with Crippen LogP contribution in [0.1, 0.15) is 25.0 Å². The number of fused-ring (bicyclic) bond motifs is 8. The van der Waals surface area contributed by atoms with Crippen LogP contribution in [-0.2, 0) is 5.41 Å². The van der Waals surface area contributed by atoms with Crippen molar-refractivity contribution in [1.82, 2.24) is 0 Å². The fraction of sp³-hybridized carbons (Fsp3) is 0.0508. The molecular weight excluding hydrogens is 737 g/mol. The van der Waals surface area contributed by atoms with Crippen molar-refractivity contribution in [1.29, 1.82) is 0 Å². The summed E-state index contributed by atoms with van der Waals surface area (Å²) in [5.41, 5.74) is 16.7. The van der Waals surface area contributed by atoms with Crippen LogP contribution in [0.2, 0.25) is 0 Å². The van der Waals surface area contributed by atoms with Gasteiger partial charge in [-0.25, -0.2) is 0 Å². The Morgan fingerprint density at radius 3 is 1.21 bits per heavy atom. The second kappa shape index (κ2) is 14.9. The van der Waals surface area contributed by atoms with Crippen molar-refractivity contribution in [3.63, 3.8) is 0 Å². The summed E-state index contributed by atoms with van der Waals surface area (Å²) in [6.07, 6.45) is 0. The molecule has 10 aromatic rings. The van der Waals surface area contributed by atoms with E-state index < -0.39 is 0 Å². The zero-order valence-electron chi connectivity index (χ0n) is 34.3. The number of nitrogens with zero attached hydrogens (tertiary/aromatic N) is 2. The topological polar surface area (TPSA) is 6.48 Å². The summed E-state index contributed by atoms with van der Waals surface area (Å²) in [6.45, 7) is 4.82. The predicted molar refractivity (Wildman–Crippen MR) is 259 cm³/mol. The van der Waals surface area contributed by atoms with Crippen molar-refractivity contribution >= 4 is 55.7 Å². The van der Waals surface area contributed by atoms with Crippen molar-refractivity contribution in [3.05, 3.63) is 242 Å². The normalized spacial score (nSPS) is 12.6. The molecule has 0 atom stereocenters. The number of benzene rings is 10. The lowest BCUT2D eigenvalue weighted by Gasteiger charge is -2.29. The molecule has 0 saturated heterocycles. The molecular formula is C59H44N2. The predicted octanol–water partition coefficient (Wildman–Crippen LogP) is 16.6. The van der Waals surface area contributed by atoms with E-state index in [1.54, 1.807) is 0 Å². The van der Waals surface area contributed by atoms with Gasteiger partial charge in [-0.15, -0.1) is 0 Å². The number of hydrogen-bond acceptors (Lipinski definition) is 2. The Kier molecular flexibility index (Phi) is 8.86. The van der Waals surface area contributed by atoms with Crippen molar-refractivity contribution < 1.29 is 0 Å². The number of rotatable bonds is 8. The number of hydrogen-bond donors (Lipinski definition) is 0. The van der Waals surface area contributed by atoms with Crippen molar-refractivity contribution in [2.75, 3.05) is 9.80 Å². The first-order valence-corrected chi connectivity index (χ1v) is 21.2. The molecule has 0 saturated carbocycles. The highest BCUT2D eigenvalue weighted by Crippen LogP contribution is 2.56. The third-order valence-electron chi connectivity index (χ3n) is 12.6. The van der Waals surface area contributed by atoms with E-state index >= 15 is 0 Å². The van der Waals surface area contributed by atoms with Gasteiger partial charge in [0.1, 0.15) is 0 Å². The number of para-hydroxylation sites is 2. The van der Waals surface area contributed by atoms with Gasteiger partial charge < -0.3 is 9.80 Å². The maximum Gasteiger partial charge on any atom is 0.0468 e. The Hall–Kier alpha value is -7.68. The van der Waals surface area contributed by atoms with E-state index in [0.29, 0.717) is 0 Å². The van der Waals surface area contributed by atoms with Gasteiger partial charge in [-0.3, -0.25) is 0 Å². The Bertz CT molecular complexity index is 3170. The summed E-state index contributed by atoms with van der Waals surface area (Å²) >= 11 is 0. The van der Waals surface area contributed by atoms with E-state index in [2.05, 4.69) is 254 Å². The van der Waals surface area contributed by atoms with Gasteiger partial charge >= 0.3 is 0 Å². The second-order valence-corrected chi connectivity index (χ2v) is 16.5. The molecule has 0 spiro atoms. The van der Waals surface area contributed by atoms with Crippen LogP contribution in [0.4, 0.5) is 34.1 Å². The molecule has 10 aromatic carbocycles. The van der Waals surface area contributed by atoms with Crippen LogP contribution < -0.4 is 9.80 Å². The first kappa shape index (κ1) is 36.4. The summed E-state index contributed by atoms with van der Waals surface area (Å²) in [6, 6.07) is 83.8. The fourth-order valence-electron chi connectivity index (χ4n) is 9.70. The quantitative estimate of drug-likeness (QED) is 0.142. The van der Waals surface area contributed by atoms with E-state index in [9.17, 15) is 0 Å². The molecule has 2 nitrogen and oxygen atoms in total. The lowest BCUT2D eigenvalue weighted by atomic mass is 9.79. The molecule has 0 aliphatic heterocycles. The number of anilines is 6. The smallest absolute Gasteiger partial charge is 0.0468 e. The molecule has 0 amide bonds. The highest BCUT2D eigenvalue weighted by molar-refractivity contribution is 6.19. The monoisotopic (exact) mass is 780 g/mol. The van der Waals surface area contributed by atoms with Crippen LogP contribution >= 0.6 is 0 Å². The Labute approximate surface area is 358 Å². The largest absolute Gasteiger partial charge is 0.310 e. The summed E-state index contributed by atoms with van der Waals surface area (Å²) < 4.78 is 0. The van der Waals surface area contributed by atoms with Gasteiger partial charge in [-0.05, 0) is 139 Å². The van der Waals surface area contributed by atoms with Crippen molar-refractivity contribution in [2.45, 2.75) is 19.3 Å². The molecule has 0 N–H and O–H groups in total. The molecule has 0 radical (unpaired) electrons. The Morgan fingerprint density at radius 1 is 0.295 bits per heavy atom. The molecule has 11 rings (SSSR count). The van der Waals surface area contributed by atoms with Crippen LogP contribution in [-0.4, -0.2) is 0 Å². The molecule has 0 bridgehead atoms. The molecule has 0 fully saturated rings. The fourth-order valence-corrected chi connectivity index (χ4v) is 9.70. The molecule has 1 aliphatic carbocycles. The molecule has 290 valence electrons. The maximum atomic E-state index is 2.44. The minimum atomic E-state index is -0.267. The molecule has 0 unspecified atom stereocenters. The second-order valence-electron chi connectivity index (χ2n) is 16.5. The van der Waals surface area contributed by atoms with Crippen LogP contribution in [0, 0.1) is 0 Å². The zero-order valence-corrected chi connectivity index (χ0v) is 34.3. The van der Waals surface area contributed by atoms with Gasteiger partial charge in [-0.2, -0.15) is 0 Å². The lowest BCUT2D eigenvalue weighted by molar-refractivity contribution is 0.666. The van der Waals surface area contributed by atoms with Crippen molar-refractivity contribution in [3.8, 4) is 33.4 Å². The average molecular weight is 781 g/mol. The van der Waals surface area contributed by atoms with Crippen molar-refractivity contribution in [2.24, 2.45) is 0 Å². The minimum absolute atomic E-state index is 0.267. The van der Waals surface area contributed by atoms with Crippen LogP contribution in [0.3, 0.4) is 0 Å². The maximum absolute atomic E-state index is 2.44. The van der Waals surface area contributed by atoms with Gasteiger partial charge in [0.15, 0.2) is 0 Å². The summed E-state index contributed by atoms with van der Waals surface area (Å²) in [7, 11) is 0.